The number of hydrogen-bond donors (Lipinski definition) is 1. The molecule has 0 amide bonds. The van der Waals surface area contributed by atoms with E-state index in [-0.39, 0.29) is 19.1 Å². The maximum Gasteiger partial charge on any atom is 0.231 e. The van der Waals surface area contributed by atoms with Crippen LogP contribution in [0.3, 0.4) is 0 Å². The lowest BCUT2D eigenvalue weighted by Crippen LogP contribution is -1.99. The minimum Gasteiger partial charge on any atom is -0.494 e. The second-order valence-electron chi connectivity index (χ2n) is 3.43. The Morgan fingerprint density at radius 2 is 2.31 bits per heavy atom. The lowest BCUT2D eigenvalue weighted by atomic mass is 10.1. The van der Waals surface area contributed by atoms with E-state index in [1.807, 2.05) is 0 Å². The van der Waals surface area contributed by atoms with Crippen LogP contribution in [-0.2, 0) is 6.42 Å². The average Bonchev–Trinajstić information content (AvgIpc) is 2.75. The van der Waals surface area contributed by atoms with E-state index in [9.17, 15) is 4.39 Å². The molecule has 0 aromatic heterocycles. The van der Waals surface area contributed by atoms with Crippen LogP contribution in [-0.4, -0.2) is 25.6 Å². The van der Waals surface area contributed by atoms with E-state index < -0.39 is 5.82 Å². The normalized spacial score (nSPS) is 12.9. The number of benzene rings is 1. The first-order valence-electron chi connectivity index (χ1n) is 5.03. The summed E-state index contributed by atoms with van der Waals surface area (Å²) >= 11 is 0. The molecule has 4 nitrogen and oxygen atoms in total. The first kappa shape index (κ1) is 11.0. The molecule has 16 heavy (non-hydrogen) atoms. The molecule has 1 N–H and O–H groups in total. The van der Waals surface area contributed by atoms with E-state index in [4.69, 9.17) is 19.3 Å². The zero-order valence-corrected chi connectivity index (χ0v) is 8.96. The lowest BCUT2D eigenvalue weighted by molar-refractivity contribution is 0.173. The molecular weight excluding hydrogens is 215 g/mol. The standard InChI is InChI=1S/C11H13FO4/c1-14-8-5-9-11(16-6-15-9)7(10(8)12)3-2-4-13/h5,13H,2-4,6H2,1H3. The predicted molar refractivity (Wildman–Crippen MR) is 54.5 cm³/mol. The van der Waals surface area contributed by atoms with Gasteiger partial charge in [0.15, 0.2) is 23.1 Å². The van der Waals surface area contributed by atoms with Gasteiger partial charge in [0.2, 0.25) is 6.79 Å². The Morgan fingerprint density at radius 1 is 1.50 bits per heavy atom. The van der Waals surface area contributed by atoms with Crippen molar-refractivity contribution in [3.8, 4) is 17.2 Å². The number of aliphatic hydroxyl groups excluding tert-OH is 1. The van der Waals surface area contributed by atoms with Crippen molar-refractivity contribution in [2.24, 2.45) is 0 Å². The first-order valence-corrected chi connectivity index (χ1v) is 5.03. The topological polar surface area (TPSA) is 47.9 Å². The summed E-state index contributed by atoms with van der Waals surface area (Å²) in [6.07, 6.45) is 0.866. The Morgan fingerprint density at radius 3 is 3.00 bits per heavy atom. The van der Waals surface area contributed by atoms with Crippen LogP contribution in [0.15, 0.2) is 6.07 Å². The molecule has 0 saturated carbocycles. The van der Waals surface area contributed by atoms with E-state index in [0.29, 0.717) is 29.9 Å². The Hall–Kier alpha value is -1.49. The fourth-order valence-corrected chi connectivity index (χ4v) is 1.69. The highest BCUT2D eigenvalue weighted by Crippen LogP contribution is 2.42. The Labute approximate surface area is 92.6 Å². The van der Waals surface area contributed by atoms with Gasteiger partial charge >= 0.3 is 0 Å². The molecule has 0 spiro atoms. The van der Waals surface area contributed by atoms with Gasteiger partial charge in [0, 0.05) is 18.2 Å². The number of methoxy groups -OCH3 is 1. The summed E-state index contributed by atoms with van der Waals surface area (Å²) in [6, 6.07) is 1.47. The maximum atomic E-state index is 13.9. The fraction of sp³-hybridized carbons (Fsp3) is 0.455. The number of rotatable bonds is 4. The summed E-state index contributed by atoms with van der Waals surface area (Å²) in [6.45, 7) is 0.0976. The van der Waals surface area contributed by atoms with Crippen LogP contribution in [0, 0.1) is 5.82 Å². The van der Waals surface area contributed by atoms with Gasteiger partial charge in [-0.1, -0.05) is 0 Å². The smallest absolute Gasteiger partial charge is 0.231 e. The van der Waals surface area contributed by atoms with Crippen LogP contribution >= 0.6 is 0 Å². The Bertz CT molecular complexity index is 391. The molecule has 1 aromatic rings. The third-order valence-corrected chi connectivity index (χ3v) is 2.46. The average molecular weight is 228 g/mol. The highest BCUT2D eigenvalue weighted by Gasteiger charge is 2.24. The number of aliphatic hydroxyl groups is 1. The third-order valence-electron chi connectivity index (χ3n) is 2.46. The van der Waals surface area contributed by atoms with Gasteiger partial charge in [-0.2, -0.15) is 0 Å². The zero-order valence-electron chi connectivity index (χ0n) is 8.96. The van der Waals surface area contributed by atoms with E-state index in [1.165, 1.54) is 13.2 Å². The second-order valence-corrected chi connectivity index (χ2v) is 3.43. The summed E-state index contributed by atoms with van der Waals surface area (Å²) in [4.78, 5) is 0. The molecule has 1 aliphatic rings. The van der Waals surface area contributed by atoms with Crippen molar-refractivity contribution in [1.82, 2.24) is 0 Å². The molecule has 1 aromatic carbocycles. The highest BCUT2D eigenvalue weighted by atomic mass is 19.1. The van der Waals surface area contributed by atoms with Gasteiger partial charge in [-0.05, 0) is 12.8 Å². The molecular formula is C11H13FO4. The predicted octanol–water partition coefficient (Wildman–Crippen LogP) is 1.49. The molecule has 2 rings (SSSR count). The van der Waals surface area contributed by atoms with Gasteiger partial charge in [-0.15, -0.1) is 0 Å². The first-order chi connectivity index (χ1) is 7.77. The van der Waals surface area contributed by atoms with Gasteiger partial charge in [-0.3, -0.25) is 0 Å². The second kappa shape index (κ2) is 4.57. The van der Waals surface area contributed by atoms with Crippen LogP contribution in [0.1, 0.15) is 12.0 Å². The van der Waals surface area contributed by atoms with E-state index >= 15 is 0 Å². The number of hydrogen-bond acceptors (Lipinski definition) is 4. The van der Waals surface area contributed by atoms with Gasteiger partial charge < -0.3 is 19.3 Å². The molecule has 0 atom stereocenters. The van der Waals surface area contributed by atoms with Gasteiger partial charge in [0.1, 0.15) is 0 Å². The summed E-state index contributed by atoms with van der Waals surface area (Å²) in [5.74, 6) is 0.607. The zero-order chi connectivity index (χ0) is 11.5. The van der Waals surface area contributed by atoms with Crippen molar-refractivity contribution in [3.05, 3.63) is 17.4 Å². The molecule has 1 heterocycles. The number of fused-ring (bicyclic) bond motifs is 1. The van der Waals surface area contributed by atoms with E-state index in [2.05, 4.69) is 0 Å². The summed E-state index contributed by atoms with van der Waals surface area (Å²) in [5.41, 5.74) is 0.404. The van der Waals surface area contributed by atoms with Gasteiger partial charge in [0.05, 0.1) is 7.11 Å². The quantitative estimate of drug-likeness (QED) is 0.848. The molecule has 88 valence electrons. The van der Waals surface area contributed by atoms with E-state index in [0.717, 1.165) is 0 Å². The molecule has 0 fully saturated rings. The van der Waals surface area contributed by atoms with Crippen LogP contribution in [0.25, 0.3) is 0 Å². The molecule has 1 aliphatic heterocycles. The minimum atomic E-state index is -0.444. The van der Waals surface area contributed by atoms with Crippen molar-refractivity contribution in [2.45, 2.75) is 12.8 Å². The monoisotopic (exact) mass is 228 g/mol. The van der Waals surface area contributed by atoms with Crippen molar-refractivity contribution in [3.63, 3.8) is 0 Å². The summed E-state index contributed by atoms with van der Waals surface area (Å²) in [7, 11) is 1.40. The molecule has 0 bridgehead atoms. The molecule has 0 aliphatic carbocycles. The highest BCUT2D eigenvalue weighted by molar-refractivity contribution is 5.54. The van der Waals surface area contributed by atoms with Crippen LogP contribution < -0.4 is 14.2 Å². The molecule has 0 radical (unpaired) electrons. The Kier molecular flexibility index (Phi) is 3.14. The Balaban J connectivity index is 2.42. The number of ether oxygens (including phenoxy) is 3. The molecule has 0 saturated heterocycles. The third kappa shape index (κ3) is 1.78. The largest absolute Gasteiger partial charge is 0.494 e. The molecule has 5 heteroatoms. The van der Waals surface area contributed by atoms with Crippen molar-refractivity contribution in [1.29, 1.82) is 0 Å². The molecule has 0 unspecified atom stereocenters. The fourth-order valence-electron chi connectivity index (χ4n) is 1.69. The maximum absolute atomic E-state index is 13.9. The summed E-state index contributed by atoms with van der Waals surface area (Å²) in [5, 5.41) is 8.77. The van der Waals surface area contributed by atoms with Crippen molar-refractivity contribution in [2.75, 3.05) is 20.5 Å². The lowest BCUT2D eigenvalue weighted by Gasteiger charge is -2.10. The van der Waals surface area contributed by atoms with Gasteiger partial charge in [0.25, 0.3) is 0 Å². The van der Waals surface area contributed by atoms with Crippen molar-refractivity contribution < 1.29 is 23.7 Å². The van der Waals surface area contributed by atoms with Gasteiger partial charge in [-0.25, -0.2) is 4.39 Å². The summed E-state index contributed by atoms with van der Waals surface area (Å²) < 4.78 is 29.2. The van der Waals surface area contributed by atoms with Crippen LogP contribution in [0.4, 0.5) is 4.39 Å². The van der Waals surface area contributed by atoms with E-state index in [1.54, 1.807) is 0 Å². The SMILES string of the molecule is COc1cc2c(c(CCCO)c1F)OCO2. The van der Waals surface area contributed by atoms with Crippen molar-refractivity contribution >= 4 is 0 Å². The van der Waals surface area contributed by atoms with Crippen LogP contribution in [0.5, 0.6) is 17.2 Å². The van der Waals surface area contributed by atoms with Crippen LogP contribution in [0.2, 0.25) is 0 Å². The minimum absolute atomic E-state index is 0.00623. The number of halogens is 1.